The number of hydrogen-bond donors (Lipinski definition) is 2. The van der Waals surface area contributed by atoms with Crippen molar-refractivity contribution in [3.63, 3.8) is 0 Å². The molecular weight excluding hydrogens is 328 g/mol. The second-order valence-corrected chi connectivity index (χ2v) is 7.73. The van der Waals surface area contributed by atoms with Crippen LogP contribution in [0.4, 0.5) is 0 Å². The third-order valence-corrected chi connectivity index (χ3v) is 5.96. The van der Waals surface area contributed by atoms with Gasteiger partial charge in [0.1, 0.15) is 0 Å². The Labute approximate surface area is 122 Å². The lowest BCUT2D eigenvalue weighted by Crippen LogP contribution is -2.29. The van der Waals surface area contributed by atoms with Crippen LogP contribution in [0.15, 0.2) is 27.6 Å². The highest BCUT2D eigenvalue weighted by atomic mass is 79.9. The van der Waals surface area contributed by atoms with E-state index in [1.165, 1.54) is 12.8 Å². The summed E-state index contributed by atoms with van der Waals surface area (Å²) in [6.07, 6.45) is 2.44. The van der Waals surface area contributed by atoms with Gasteiger partial charge >= 0.3 is 0 Å². The van der Waals surface area contributed by atoms with E-state index in [1.807, 2.05) is 6.07 Å². The van der Waals surface area contributed by atoms with Gasteiger partial charge in [-0.2, -0.15) is 0 Å². The molecule has 1 atom stereocenters. The van der Waals surface area contributed by atoms with Gasteiger partial charge in [0, 0.05) is 17.6 Å². The Bertz CT molecular complexity index is 556. The first kappa shape index (κ1) is 15.0. The van der Waals surface area contributed by atoms with Crippen molar-refractivity contribution in [3.05, 3.63) is 28.2 Å². The molecule has 0 heterocycles. The number of nitrogens with one attached hydrogen (secondary N) is 1. The summed E-state index contributed by atoms with van der Waals surface area (Å²) in [6.45, 7) is 2.91. The molecule has 0 aromatic heterocycles. The fraction of sp³-hybridized carbons (Fsp3) is 0.538. The standard InChI is InChI=1S/C13H19BrN2O2S/c1-9(11-3-4-11)8-16-19(17,18)13-6-10(7-15)2-5-12(13)14/h2,5-6,9,11,16H,3-4,7-8,15H2,1H3. The Morgan fingerprint density at radius 2 is 2.16 bits per heavy atom. The highest BCUT2D eigenvalue weighted by Crippen LogP contribution is 2.36. The fourth-order valence-electron chi connectivity index (χ4n) is 2.03. The molecule has 6 heteroatoms. The van der Waals surface area contributed by atoms with Crippen LogP contribution >= 0.6 is 15.9 Å². The summed E-state index contributed by atoms with van der Waals surface area (Å²) in [5.74, 6) is 1.08. The van der Waals surface area contributed by atoms with Crippen LogP contribution in [0.25, 0.3) is 0 Å². The van der Waals surface area contributed by atoms with Crippen molar-refractivity contribution in [2.45, 2.75) is 31.2 Å². The maximum Gasteiger partial charge on any atom is 0.241 e. The van der Waals surface area contributed by atoms with E-state index in [9.17, 15) is 8.42 Å². The summed E-state index contributed by atoms with van der Waals surface area (Å²) in [6, 6.07) is 5.16. The molecule has 4 nitrogen and oxygen atoms in total. The molecule has 1 aliphatic rings. The quantitative estimate of drug-likeness (QED) is 0.829. The topological polar surface area (TPSA) is 72.2 Å². The SMILES string of the molecule is CC(CNS(=O)(=O)c1cc(CN)ccc1Br)C1CC1. The molecule has 0 saturated heterocycles. The molecule has 106 valence electrons. The average molecular weight is 347 g/mol. The minimum absolute atomic E-state index is 0.262. The number of halogens is 1. The van der Waals surface area contributed by atoms with Gasteiger partial charge in [-0.25, -0.2) is 13.1 Å². The normalized spacial score (nSPS) is 17.4. The van der Waals surface area contributed by atoms with Gasteiger partial charge in [-0.1, -0.05) is 13.0 Å². The second kappa shape index (κ2) is 5.91. The Hall–Kier alpha value is -0.430. The molecule has 1 aromatic rings. The van der Waals surface area contributed by atoms with E-state index < -0.39 is 10.0 Å². The van der Waals surface area contributed by atoms with Crippen LogP contribution in [-0.2, 0) is 16.6 Å². The van der Waals surface area contributed by atoms with Crippen molar-refractivity contribution >= 4 is 26.0 Å². The van der Waals surface area contributed by atoms with Gasteiger partial charge in [0.2, 0.25) is 10.0 Å². The van der Waals surface area contributed by atoms with Crippen molar-refractivity contribution in [1.29, 1.82) is 0 Å². The monoisotopic (exact) mass is 346 g/mol. The Balaban J connectivity index is 2.13. The maximum atomic E-state index is 12.3. The van der Waals surface area contributed by atoms with Crippen molar-refractivity contribution in [1.82, 2.24) is 4.72 Å². The van der Waals surface area contributed by atoms with Crippen LogP contribution in [0.2, 0.25) is 0 Å². The Morgan fingerprint density at radius 3 is 2.74 bits per heavy atom. The third-order valence-electron chi connectivity index (χ3n) is 3.54. The fourth-order valence-corrected chi connectivity index (χ4v) is 4.19. The molecule has 1 fully saturated rings. The average Bonchev–Trinajstić information content (AvgIpc) is 3.20. The minimum atomic E-state index is -3.48. The zero-order chi connectivity index (χ0) is 14.0. The van der Waals surface area contributed by atoms with Crippen LogP contribution in [0.3, 0.4) is 0 Å². The van der Waals surface area contributed by atoms with Gasteiger partial charge in [-0.3, -0.25) is 0 Å². The van der Waals surface area contributed by atoms with Crippen molar-refractivity contribution in [2.24, 2.45) is 17.6 Å². The van der Waals surface area contributed by atoms with Crippen molar-refractivity contribution < 1.29 is 8.42 Å². The number of nitrogens with two attached hydrogens (primary N) is 1. The van der Waals surface area contributed by atoms with Crippen LogP contribution in [0.1, 0.15) is 25.3 Å². The number of hydrogen-bond acceptors (Lipinski definition) is 3. The van der Waals surface area contributed by atoms with E-state index >= 15 is 0 Å². The number of rotatable bonds is 6. The molecule has 1 unspecified atom stereocenters. The van der Waals surface area contributed by atoms with Crippen molar-refractivity contribution in [2.75, 3.05) is 6.54 Å². The Morgan fingerprint density at radius 1 is 1.47 bits per heavy atom. The van der Waals surface area contributed by atoms with Gasteiger partial charge in [-0.15, -0.1) is 0 Å². The molecule has 1 aromatic carbocycles. The van der Waals surface area contributed by atoms with Crippen LogP contribution in [0.5, 0.6) is 0 Å². The van der Waals surface area contributed by atoms with Crippen LogP contribution in [-0.4, -0.2) is 15.0 Å². The smallest absolute Gasteiger partial charge is 0.241 e. The largest absolute Gasteiger partial charge is 0.326 e. The van der Waals surface area contributed by atoms with Gasteiger partial charge in [-0.05, 0) is 58.3 Å². The van der Waals surface area contributed by atoms with E-state index in [2.05, 4.69) is 27.6 Å². The first-order valence-electron chi connectivity index (χ1n) is 6.42. The van der Waals surface area contributed by atoms with Gasteiger partial charge in [0.15, 0.2) is 0 Å². The summed E-state index contributed by atoms with van der Waals surface area (Å²) in [7, 11) is -3.48. The van der Waals surface area contributed by atoms with Crippen LogP contribution < -0.4 is 10.5 Å². The zero-order valence-corrected chi connectivity index (χ0v) is 13.3. The molecule has 0 amide bonds. The van der Waals surface area contributed by atoms with Crippen LogP contribution in [0, 0.1) is 11.8 Å². The molecule has 0 spiro atoms. The van der Waals surface area contributed by atoms with Crippen molar-refractivity contribution in [3.8, 4) is 0 Å². The lowest BCUT2D eigenvalue weighted by atomic mass is 10.1. The molecule has 3 N–H and O–H groups in total. The van der Waals surface area contributed by atoms with E-state index in [1.54, 1.807) is 12.1 Å². The highest BCUT2D eigenvalue weighted by Gasteiger charge is 2.29. The number of benzene rings is 1. The molecule has 0 radical (unpaired) electrons. The molecule has 0 aliphatic heterocycles. The molecule has 1 saturated carbocycles. The van der Waals surface area contributed by atoms with Gasteiger partial charge in [0.25, 0.3) is 0 Å². The first-order chi connectivity index (χ1) is 8.94. The molecular formula is C13H19BrN2O2S. The summed E-state index contributed by atoms with van der Waals surface area (Å²) in [5.41, 5.74) is 6.36. The first-order valence-corrected chi connectivity index (χ1v) is 8.70. The second-order valence-electron chi connectivity index (χ2n) is 5.14. The predicted molar refractivity (Wildman–Crippen MR) is 79.1 cm³/mol. The zero-order valence-electron chi connectivity index (χ0n) is 10.9. The van der Waals surface area contributed by atoms with Gasteiger partial charge < -0.3 is 5.73 Å². The Kier molecular flexibility index (Phi) is 4.66. The van der Waals surface area contributed by atoms with Gasteiger partial charge in [0.05, 0.1) is 4.90 Å². The predicted octanol–water partition coefficient (Wildman–Crippen LogP) is 2.23. The van der Waals surface area contributed by atoms with E-state index in [0.717, 1.165) is 5.56 Å². The lowest BCUT2D eigenvalue weighted by Gasteiger charge is -2.13. The van der Waals surface area contributed by atoms with E-state index in [0.29, 0.717) is 29.4 Å². The summed E-state index contributed by atoms with van der Waals surface area (Å²) in [4.78, 5) is 0.262. The summed E-state index contributed by atoms with van der Waals surface area (Å²) < 4.78 is 27.8. The molecule has 2 rings (SSSR count). The maximum absolute atomic E-state index is 12.3. The minimum Gasteiger partial charge on any atom is -0.326 e. The third kappa shape index (κ3) is 3.78. The summed E-state index contributed by atoms with van der Waals surface area (Å²) >= 11 is 3.28. The van der Waals surface area contributed by atoms with E-state index in [4.69, 9.17) is 5.73 Å². The molecule has 19 heavy (non-hydrogen) atoms. The molecule has 0 bridgehead atoms. The van der Waals surface area contributed by atoms with E-state index in [-0.39, 0.29) is 4.90 Å². The summed E-state index contributed by atoms with van der Waals surface area (Å²) in [5, 5.41) is 0. The number of sulfonamides is 1. The highest BCUT2D eigenvalue weighted by molar-refractivity contribution is 9.10. The molecule has 1 aliphatic carbocycles. The lowest BCUT2D eigenvalue weighted by molar-refractivity contribution is 0.491.